The van der Waals surface area contributed by atoms with Crippen LogP contribution in [0.3, 0.4) is 0 Å². The van der Waals surface area contributed by atoms with Crippen LogP contribution in [0.15, 0.2) is 61.7 Å². The summed E-state index contributed by atoms with van der Waals surface area (Å²) in [6, 6.07) is 5.12. The van der Waals surface area contributed by atoms with Gasteiger partial charge in [-0.1, -0.05) is 0 Å². The first-order chi connectivity index (χ1) is 19.8. The van der Waals surface area contributed by atoms with Crippen LogP contribution >= 0.6 is 0 Å². The van der Waals surface area contributed by atoms with Crippen molar-refractivity contribution in [2.24, 2.45) is 0 Å². The molecule has 41 heavy (non-hydrogen) atoms. The van der Waals surface area contributed by atoms with Gasteiger partial charge in [0.15, 0.2) is 29.6 Å². The van der Waals surface area contributed by atoms with E-state index in [2.05, 4.69) is 30.2 Å². The SMILES string of the molecule is Fc1cc2nc(-c3cncnc3)n(C3CC3)c2cc1F.Nc1cc(F)c(F)cc1NC1CC1.O=Cc1cncnc1. The number of carbonyl (C=O) groups excluding carboxylic acids is 1. The summed E-state index contributed by atoms with van der Waals surface area (Å²) in [6.45, 7) is 0. The fourth-order valence-electron chi connectivity index (χ4n) is 3.92. The van der Waals surface area contributed by atoms with Crippen LogP contribution in [-0.2, 0) is 0 Å². The molecule has 5 aromatic rings. The number of hydrogen-bond donors (Lipinski definition) is 2. The molecule has 210 valence electrons. The Kier molecular flexibility index (Phi) is 8.13. The lowest BCUT2D eigenvalue weighted by Gasteiger charge is -2.08. The number of hydrogen-bond acceptors (Lipinski definition) is 8. The summed E-state index contributed by atoms with van der Waals surface area (Å²) in [4.78, 5) is 29.5. The summed E-state index contributed by atoms with van der Waals surface area (Å²) in [7, 11) is 0. The van der Waals surface area contributed by atoms with Gasteiger partial charge in [-0.25, -0.2) is 42.5 Å². The van der Waals surface area contributed by atoms with Gasteiger partial charge in [0.2, 0.25) is 0 Å². The highest BCUT2D eigenvalue weighted by atomic mass is 19.2. The van der Waals surface area contributed by atoms with Crippen LogP contribution in [0.4, 0.5) is 28.9 Å². The van der Waals surface area contributed by atoms with E-state index in [0.29, 0.717) is 46.5 Å². The molecular formula is C28H24F4N8O. The summed E-state index contributed by atoms with van der Waals surface area (Å²) in [6.07, 6.45) is 13.9. The summed E-state index contributed by atoms with van der Waals surface area (Å²) in [5.41, 5.74) is 8.56. The van der Waals surface area contributed by atoms with Crippen LogP contribution in [0.2, 0.25) is 0 Å². The zero-order valence-electron chi connectivity index (χ0n) is 21.5. The largest absolute Gasteiger partial charge is 0.397 e. The van der Waals surface area contributed by atoms with E-state index in [1.807, 2.05) is 4.57 Å². The second kappa shape index (κ2) is 12.1. The van der Waals surface area contributed by atoms with Crippen molar-refractivity contribution in [1.82, 2.24) is 29.5 Å². The number of nitrogens with one attached hydrogen (secondary N) is 1. The first kappa shape index (κ1) is 27.6. The molecule has 3 aromatic heterocycles. The highest BCUT2D eigenvalue weighted by Gasteiger charge is 2.29. The minimum Gasteiger partial charge on any atom is -0.397 e. The standard InChI is InChI=1S/C14H10F2N4.C9H10F2N2.C5H4N2O/c15-10-3-12-13(4-11(10)16)20(9-1-2-9)14(19-12)8-5-17-7-18-6-8;10-6-3-8(12)9(4-7(6)11)13-5-1-2-5;8-3-5-1-6-4-7-2-5/h3-7,9H,1-2H2;3-5,13H,1-2,12H2;1-4H. The van der Waals surface area contributed by atoms with Gasteiger partial charge in [0, 0.05) is 61.1 Å². The monoisotopic (exact) mass is 564 g/mol. The number of halogens is 4. The third kappa shape index (κ3) is 6.80. The molecule has 0 atom stereocenters. The van der Waals surface area contributed by atoms with Crippen molar-refractivity contribution >= 4 is 28.7 Å². The Morgan fingerprint density at radius 3 is 1.98 bits per heavy atom. The van der Waals surface area contributed by atoms with Crippen molar-refractivity contribution in [3.8, 4) is 11.4 Å². The van der Waals surface area contributed by atoms with Gasteiger partial charge in [-0.15, -0.1) is 0 Å². The minimum absolute atomic E-state index is 0.255. The van der Waals surface area contributed by atoms with Crippen molar-refractivity contribution in [2.45, 2.75) is 37.8 Å². The highest BCUT2D eigenvalue weighted by molar-refractivity contribution is 5.81. The number of nitrogens with two attached hydrogens (primary N) is 1. The van der Waals surface area contributed by atoms with Crippen LogP contribution in [0, 0.1) is 23.3 Å². The molecule has 2 aliphatic rings. The molecule has 13 heteroatoms. The average molecular weight is 565 g/mol. The lowest BCUT2D eigenvalue weighted by molar-refractivity contribution is 0.112. The van der Waals surface area contributed by atoms with Gasteiger partial charge in [-0.3, -0.25) is 4.79 Å². The van der Waals surface area contributed by atoms with E-state index in [0.717, 1.165) is 49.4 Å². The second-order valence-electron chi connectivity index (χ2n) is 9.48. The molecule has 2 saturated carbocycles. The van der Waals surface area contributed by atoms with E-state index in [1.54, 1.807) is 12.4 Å². The Hall–Kier alpha value is -4.94. The first-order valence-corrected chi connectivity index (χ1v) is 12.7. The highest BCUT2D eigenvalue weighted by Crippen LogP contribution is 2.41. The van der Waals surface area contributed by atoms with Gasteiger partial charge in [0.1, 0.15) is 18.5 Å². The third-order valence-electron chi connectivity index (χ3n) is 6.21. The number of nitrogens with zero attached hydrogens (tertiary/aromatic N) is 6. The molecule has 0 amide bonds. The van der Waals surface area contributed by atoms with E-state index in [-0.39, 0.29) is 5.69 Å². The smallest absolute Gasteiger partial charge is 0.161 e. The fraction of sp³-hybridized carbons (Fsp3) is 0.214. The van der Waals surface area contributed by atoms with Crippen molar-refractivity contribution in [3.05, 3.63) is 90.5 Å². The topological polar surface area (TPSA) is 124 Å². The van der Waals surface area contributed by atoms with E-state index >= 15 is 0 Å². The quantitative estimate of drug-likeness (QED) is 0.163. The average Bonchev–Trinajstić information content (AvgIpc) is 3.93. The molecule has 3 heterocycles. The number of imidazole rings is 1. The molecule has 2 aliphatic carbocycles. The van der Waals surface area contributed by atoms with E-state index in [1.165, 1.54) is 31.1 Å². The Morgan fingerprint density at radius 1 is 0.805 bits per heavy atom. The van der Waals surface area contributed by atoms with E-state index in [4.69, 9.17) is 5.73 Å². The Morgan fingerprint density at radius 2 is 1.39 bits per heavy atom. The number of nitrogen functional groups attached to an aromatic ring is 1. The van der Waals surface area contributed by atoms with E-state index < -0.39 is 23.3 Å². The van der Waals surface area contributed by atoms with Crippen LogP contribution in [0.1, 0.15) is 42.1 Å². The van der Waals surface area contributed by atoms with Gasteiger partial charge >= 0.3 is 0 Å². The fourth-order valence-corrected chi connectivity index (χ4v) is 3.92. The molecule has 0 radical (unpaired) electrons. The second-order valence-corrected chi connectivity index (χ2v) is 9.48. The maximum absolute atomic E-state index is 13.5. The Balaban J connectivity index is 0.000000138. The van der Waals surface area contributed by atoms with Crippen LogP contribution in [-0.4, -0.2) is 41.8 Å². The van der Waals surface area contributed by atoms with Gasteiger partial charge in [-0.2, -0.15) is 0 Å². The first-order valence-electron chi connectivity index (χ1n) is 12.7. The molecule has 0 unspecified atom stereocenters. The lowest BCUT2D eigenvalue weighted by Crippen LogP contribution is -2.05. The predicted octanol–water partition coefficient (Wildman–Crippen LogP) is 5.52. The molecule has 9 nitrogen and oxygen atoms in total. The van der Waals surface area contributed by atoms with Gasteiger partial charge < -0.3 is 15.6 Å². The van der Waals surface area contributed by atoms with Crippen LogP contribution < -0.4 is 11.1 Å². The minimum atomic E-state index is -0.904. The summed E-state index contributed by atoms with van der Waals surface area (Å²) in [5.74, 6) is -2.84. The molecule has 3 N–H and O–H groups in total. The number of aromatic nitrogens is 6. The maximum Gasteiger partial charge on any atom is 0.161 e. The maximum atomic E-state index is 13.5. The van der Waals surface area contributed by atoms with Gasteiger partial charge in [0.05, 0.1) is 33.5 Å². The zero-order chi connectivity index (χ0) is 28.9. The van der Waals surface area contributed by atoms with Crippen LogP contribution in [0.5, 0.6) is 0 Å². The number of carbonyl (C=O) groups is 1. The predicted molar refractivity (Wildman–Crippen MR) is 144 cm³/mol. The molecule has 0 spiro atoms. The number of fused-ring (bicyclic) bond motifs is 1. The van der Waals surface area contributed by atoms with Crippen molar-refractivity contribution in [1.29, 1.82) is 0 Å². The summed E-state index contributed by atoms with van der Waals surface area (Å²) >= 11 is 0. The number of benzene rings is 2. The Labute approximate surface area is 231 Å². The zero-order valence-corrected chi connectivity index (χ0v) is 21.5. The third-order valence-corrected chi connectivity index (χ3v) is 6.21. The molecule has 0 aliphatic heterocycles. The van der Waals surface area contributed by atoms with Gasteiger partial charge in [-0.05, 0) is 25.7 Å². The molecule has 0 saturated heterocycles. The summed E-state index contributed by atoms with van der Waals surface area (Å²) in [5, 5.41) is 3.02. The molecular weight excluding hydrogens is 540 g/mol. The van der Waals surface area contributed by atoms with Crippen molar-refractivity contribution < 1.29 is 22.4 Å². The van der Waals surface area contributed by atoms with E-state index in [9.17, 15) is 22.4 Å². The van der Waals surface area contributed by atoms with Crippen LogP contribution in [0.25, 0.3) is 22.4 Å². The van der Waals surface area contributed by atoms with Crippen molar-refractivity contribution in [2.75, 3.05) is 11.1 Å². The number of aldehydes is 1. The lowest BCUT2D eigenvalue weighted by atomic mass is 10.2. The van der Waals surface area contributed by atoms with Gasteiger partial charge in [0.25, 0.3) is 0 Å². The van der Waals surface area contributed by atoms with Crippen molar-refractivity contribution in [3.63, 3.8) is 0 Å². The summed E-state index contributed by atoms with van der Waals surface area (Å²) < 4.78 is 54.2. The number of anilines is 2. The molecule has 0 bridgehead atoms. The normalized spacial score (nSPS) is 14.0. The Bertz CT molecular complexity index is 1660. The molecule has 2 fully saturated rings. The molecule has 7 rings (SSSR count). The molecule has 2 aromatic carbocycles. The number of rotatable bonds is 5.